The van der Waals surface area contributed by atoms with Crippen LogP contribution < -0.4 is 15.4 Å². The van der Waals surface area contributed by atoms with Crippen molar-refractivity contribution in [3.8, 4) is 5.88 Å². The predicted octanol–water partition coefficient (Wildman–Crippen LogP) is 2.81. The maximum atomic E-state index is 5.19. The molecule has 0 amide bonds. The molecule has 1 aliphatic rings. The smallest absolute Gasteiger partial charge is 0.213 e. The molecule has 1 atom stereocenters. The predicted molar refractivity (Wildman–Crippen MR) is 113 cm³/mol. The van der Waals surface area contributed by atoms with Gasteiger partial charge < -0.3 is 15.4 Å². The van der Waals surface area contributed by atoms with Crippen LogP contribution in [0.2, 0.25) is 0 Å². The molecule has 3 rings (SSSR count). The van der Waals surface area contributed by atoms with Crippen molar-refractivity contribution in [1.29, 1.82) is 0 Å². The zero-order valence-corrected chi connectivity index (χ0v) is 16.9. The fourth-order valence-corrected chi connectivity index (χ4v) is 3.53. The van der Waals surface area contributed by atoms with Crippen LogP contribution in [-0.2, 0) is 13.1 Å². The van der Waals surface area contributed by atoms with Crippen molar-refractivity contribution in [3.05, 3.63) is 59.8 Å². The van der Waals surface area contributed by atoms with Crippen molar-refractivity contribution >= 4 is 5.96 Å². The first-order valence-electron chi connectivity index (χ1n) is 10.1. The van der Waals surface area contributed by atoms with Crippen LogP contribution in [0.5, 0.6) is 5.88 Å². The summed E-state index contributed by atoms with van der Waals surface area (Å²) in [5.41, 5.74) is 2.27. The van der Waals surface area contributed by atoms with Crippen molar-refractivity contribution in [1.82, 2.24) is 20.5 Å². The fourth-order valence-electron chi connectivity index (χ4n) is 3.53. The van der Waals surface area contributed by atoms with E-state index >= 15 is 0 Å². The molecule has 150 valence electrons. The van der Waals surface area contributed by atoms with Crippen molar-refractivity contribution < 1.29 is 4.74 Å². The van der Waals surface area contributed by atoms with Gasteiger partial charge in [0.15, 0.2) is 5.96 Å². The van der Waals surface area contributed by atoms with Gasteiger partial charge in [-0.15, -0.1) is 0 Å². The number of ether oxygens (including phenoxy) is 1. The summed E-state index contributed by atoms with van der Waals surface area (Å²) < 4.78 is 5.19. The average molecular weight is 382 g/mol. The lowest BCUT2D eigenvalue weighted by molar-refractivity contribution is 0.245. The average Bonchev–Trinajstić information content (AvgIpc) is 3.18. The van der Waals surface area contributed by atoms with Crippen LogP contribution >= 0.6 is 0 Å². The molecule has 1 saturated heterocycles. The molecule has 6 nitrogen and oxygen atoms in total. The van der Waals surface area contributed by atoms with E-state index in [1.165, 1.54) is 18.4 Å². The van der Waals surface area contributed by atoms with Crippen LogP contribution in [0.1, 0.15) is 31.0 Å². The lowest BCUT2D eigenvalue weighted by atomic mass is 10.2. The number of nitrogens with zero attached hydrogens (tertiary/aromatic N) is 3. The lowest BCUT2D eigenvalue weighted by Crippen LogP contribution is -2.44. The van der Waals surface area contributed by atoms with Crippen molar-refractivity contribution in [2.75, 3.05) is 26.7 Å². The third-order valence-corrected chi connectivity index (χ3v) is 4.97. The highest BCUT2D eigenvalue weighted by atomic mass is 16.5. The SMILES string of the molecule is CCNC(=NCc1cccc(OC)n1)NCC1CCCN1Cc1ccccc1. The van der Waals surface area contributed by atoms with Gasteiger partial charge >= 0.3 is 0 Å². The van der Waals surface area contributed by atoms with Gasteiger partial charge in [0.2, 0.25) is 5.88 Å². The number of pyridine rings is 1. The molecule has 2 heterocycles. The molecule has 1 aromatic carbocycles. The Bertz CT molecular complexity index is 750. The number of rotatable bonds is 8. The van der Waals surface area contributed by atoms with Crippen LogP contribution in [0.25, 0.3) is 0 Å². The van der Waals surface area contributed by atoms with Crippen molar-refractivity contribution in [3.63, 3.8) is 0 Å². The molecule has 1 aromatic heterocycles. The summed E-state index contributed by atoms with van der Waals surface area (Å²) in [4.78, 5) is 11.7. The monoisotopic (exact) mass is 381 g/mol. The topological polar surface area (TPSA) is 61.8 Å². The van der Waals surface area contributed by atoms with E-state index < -0.39 is 0 Å². The van der Waals surface area contributed by atoms with E-state index in [0.717, 1.165) is 37.8 Å². The zero-order chi connectivity index (χ0) is 19.6. The van der Waals surface area contributed by atoms with Gasteiger partial charge in [0.05, 0.1) is 19.3 Å². The molecule has 0 aliphatic carbocycles. The molecule has 0 bridgehead atoms. The minimum Gasteiger partial charge on any atom is -0.481 e. The van der Waals surface area contributed by atoms with Crippen LogP contribution in [0.3, 0.4) is 0 Å². The molecule has 0 spiro atoms. The Morgan fingerprint density at radius 2 is 2.04 bits per heavy atom. The maximum absolute atomic E-state index is 5.19. The summed E-state index contributed by atoms with van der Waals surface area (Å²) in [6.45, 7) is 6.49. The van der Waals surface area contributed by atoms with E-state index in [1.54, 1.807) is 7.11 Å². The Hall–Kier alpha value is -2.60. The molecule has 0 radical (unpaired) electrons. The molecule has 2 aromatic rings. The lowest BCUT2D eigenvalue weighted by Gasteiger charge is -2.25. The van der Waals surface area contributed by atoms with E-state index in [1.807, 2.05) is 18.2 Å². The van der Waals surface area contributed by atoms with Crippen LogP contribution in [-0.4, -0.2) is 48.6 Å². The van der Waals surface area contributed by atoms with Gasteiger partial charge in [-0.05, 0) is 37.9 Å². The first-order valence-corrected chi connectivity index (χ1v) is 10.1. The molecule has 28 heavy (non-hydrogen) atoms. The molecule has 1 fully saturated rings. The number of likely N-dealkylation sites (tertiary alicyclic amines) is 1. The molecule has 1 unspecified atom stereocenters. The van der Waals surface area contributed by atoms with Gasteiger partial charge in [-0.2, -0.15) is 0 Å². The van der Waals surface area contributed by atoms with Crippen molar-refractivity contribution in [2.45, 2.75) is 38.9 Å². The largest absolute Gasteiger partial charge is 0.481 e. The Morgan fingerprint density at radius 3 is 2.82 bits per heavy atom. The standard InChI is InChI=1S/C22H31N5O/c1-3-23-22(24-15-19-11-7-13-21(26-19)28-2)25-16-20-12-8-14-27(20)17-18-9-5-4-6-10-18/h4-7,9-11,13,20H,3,8,12,14-17H2,1-2H3,(H2,23,24,25). The summed E-state index contributed by atoms with van der Waals surface area (Å²) in [5.74, 6) is 1.45. The maximum Gasteiger partial charge on any atom is 0.213 e. The van der Waals surface area contributed by atoms with Gasteiger partial charge in [0, 0.05) is 31.7 Å². The molecule has 1 aliphatic heterocycles. The second kappa shape index (κ2) is 10.7. The number of hydrogen-bond donors (Lipinski definition) is 2. The number of aliphatic imine (C=N–C) groups is 1. The quantitative estimate of drug-likeness (QED) is 0.544. The highest BCUT2D eigenvalue weighted by molar-refractivity contribution is 5.79. The van der Waals surface area contributed by atoms with Crippen LogP contribution in [0.4, 0.5) is 0 Å². The first-order chi connectivity index (χ1) is 13.8. The molecule has 0 saturated carbocycles. The number of benzene rings is 1. The van der Waals surface area contributed by atoms with Gasteiger partial charge in [0.25, 0.3) is 0 Å². The summed E-state index contributed by atoms with van der Waals surface area (Å²) in [7, 11) is 1.63. The Balaban J connectivity index is 1.55. The minimum atomic E-state index is 0.519. The van der Waals surface area contributed by atoms with E-state index in [-0.39, 0.29) is 0 Å². The molecular weight excluding hydrogens is 350 g/mol. The number of guanidine groups is 1. The van der Waals surface area contributed by atoms with Crippen LogP contribution in [0.15, 0.2) is 53.5 Å². The van der Waals surface area contributed by atoms with Gasteiger partial charge in [-0.25, -0.2) is 9.98 Å². The second-order valence-electron chi connectivity index (χ2n) is 7.00. The Labute approximate surface area is 168 Å². The van der Waals surface area contributed by atoms with Crippen molar-refractivity contribution in [2.24, 2.45) is 4.99 Å². The van der Waals surface area contributed by atoms with E-state index in [2.05, 4.69) is 62.8 Å². The molecule has 2 N–H and O–H groups in total. The third-order valence-electron chi connectivity index (χ3n) is 4.97. The summed E-state index contributed by atoms with van der Waals surface area (Å²) >= 11 is 0. The number of nitrogens with one attached hydrogen (secondary N) is 2. The van der Waals surface area contributed by atoms with Gasteiger partial charge in [0.1, 0.15) is 0 Å². The van der Waals surface area contributed by atoms with Crippen LogP contribution in [0, 0.1) is 0 Å². The van der Waals surface area contributed by atoms with E-state index in [9.17, 15) is 0 Å². The van der Waals surface area contributed by atoms with Gasteiger partial charge in [-0.3, -0.25) is 4.90 Å². The molecular formula is C22H31N5O. The molecule has 6 heteroatoms. The first kappa shape index (κ1) is 20.1. The van der Waals surface area contributed by atoms with E-state index in [0.29, 0.717) is 18.5 Å². The van der Waals surface area contributed by atoms with Gasteiger partial charge in [-0.1, -0.05) is 36.4 Å². The summed E-state index contributed by atoms with van der Waals surface area (Å²) in [5, 5.41) is 6.85. The summed E-state index contributed by atoms with van der Waals surface area (Å²) in [6, 6.07) is 17.0. The fraction of sp³-hybridized carbons (Fsp3) is 0.455. The zero-order valence-electron chi connectivity index (χ0n) is 16.9. The number of hydrogen-bond acceptors (Lipinski definition) is 4. The Morgan fingerprint density at radius 1 is 1.18 bits per heavy atom. The number of aromatic nitrogens is 1. The third kappa shape index (κ3) is 5.96. The minimum absolute atomic E-state index is 0.519. The van der Waals surface area contributed by atoms with E-state index in [4.69, 9.17) is 4.74 Å². The number of methoxy groups -OCH3 is 1. The highest BCUT2D eigenvalue weighted by Crippen LogP contribution is 2.19. The highest BCUT2D eigenvalue weighted by Gasteiger charge is 2.24. The second-order valence-corrected chi connectivity index (χ2v) is 7.00. The Kier molecular flexibility index (Phi) is 7.67. The normalized spacial score (nSPS) is 17.5. The summed E-state index contributed by atoms with van der Waals surface area (Å²) in [6.07, 6.45) is 2.47.